The maximum atomic E-state index is 11.4. The first-order chi connectivity index (χ1) is 9.51. The fourth-order valence-corrected chi connectivity index (χ4v) is 1.43. The fraction of sp³-hybridized carbons (Fsp3) is 0.308. The number of rotatable bonds is 6. The van der Waals surface area contributed by atoms with E-state index < -0.39 is 24.5 Å². The highest BCUT2D eigenvalue weighted by atomic mass is 16.5. The van der Waals surface area contributed by atoms with E-state index >= 15 is 0 Å². The number of urea groups is 1. The lowest BCUT2D eigenvalue weighted by Crippen LogP contribution is -2.37. The Morgan fingerprint density at radius 1 is 1.20 bits per heavy atom. The number of primary amides is 1. The number of carbonyl (C=O) groups excluding carboxylic acids is 3. The minimum Gasteiger partial charge on any atom is -0.497 e. The molecular formula is C13H16N2O5. The van der Waals surface area contributed by atoms with Crippen molar-refractivity contribution in [2.75, 3.05) is 13.7 Å². The van der Waals surface area contributed by atoms with Crippen LogP contribution in [0.15, 0.2) is 24.3 Å². The second-order valence-corrected chi connectivity index (χ2v) is 3.92. The van der Waals surface area contributed by atoms with Gasteiger partial charge in [-0.2, -0.15) is 0 Å². The van der Waals surface area contributed by atoms with Gasteiger partial charge in [0.25, 0.3) is 5.91 Å². The second-order valence-electron chi connectivity index (χ2n) is 3.92. The smallest absolute Gasteiger partial charge is 0.318 e. The van der Waals surface area contributed by atoms with Crippen LogP contribution in [0.3, 0.4) is 0 Å². The van der Waals surface area contributed by atoms with E-state index in [1.165, 1.54) is 0 Å². The summed E-state index contributed by atoms with van der Waals surface area (Å²) in [6.45, 7) is -0.523. The Kier molecular flexibility index (Phi) is 6.02. The SMILES string of the molecule is COc1ccc(CCC(=O)OCC(=O)NC(N)=O)cc1. The number of methoxy groups -OCH3 is 1. The van der Waals surface area contributed by atoms with Crippen molar-refractivity contribution in [1.82, 2.24) is 5.32 Å². The number of hydrogen-bond donors (Lipinski definition) is 2. The number of imide groups is 1. The third-order valence-corrected chi connectivity index (χ3v) is 2.40. The zero-order valence-electron chi connectivity index (χ0n) is 11.0. The molecule has 1 aromatic carbocycles. The van der Waals surface area contributed by atoms with Gasteiger partial charge in [0.1, 0.15) is 5.75 Å². The molecule has 0 heterocycles. The molecule has 1 rings (SSSR count). The van der Waals surface area contributed by atoms with E-state index in [0.29, 0.717) is 6.42 Å². The first-order valence-electron chi connectivity index (χ1n) is 5.89. The van der Waals surface area contributed by atoms with Crippen molar-refractivity contribution in [3.8, 4) is 5.75 Å². The van der Waals surface area contributed by atoms with Crippen LogP contribution in [0, 0.1) is 0 Å². The number of aryl methyl sites for hydroxylation is 1. The lowest BCUT2D eigenvalue weighted by atomic mass is 10.1. The molecule has 0 aliphatic rings. The molecule has 0 fully saturated rings. The van der Waals surface area contributed by atoms with Crippen LogP contribution in [-0.2, 0) is 20.7 Å². The number of nitrogens with two attached hydrogens (primary N) is 1. The number of amides is 3. The zero-order chi connectivity index (χ0) is 15.0. The Morgan fingerprint density at radius 2 is 1.85 bits per heavy atom. The summed E-state index contributed by atoms with van der Waals surface area (Å²) in [7, 11) is 1.57. The molecule has 0 saturated carbocycles. The highest BCUT2D eigenvalue weighted by Crippen LogP contribution is 2.12. The van der Waals surface area contributed by atoms with Gasteiger partial charge in [-0.1, -0.05) is 12.1 Å². The maximum absolute atomic E-state index is 11.4. The molecule has 3 amide bonds. The fourth-order valence-electron chi connectivity index (χ4n) is 1.43. The lowest BCUT2D eigenvalue weighted by Gasteiger charge is -2.05. The van der Waals surface area contributed by atoms with Crippen LogP contribution >= 0.6 is 0 Å². The van der Waals surface area contributed by atoms with Gasteiger partial charge in [-0.25, -0.2) is 4.79 Å². The summed E-state index contributed by atoms with van der Waals surface area (Å²) >= 11 is 0. The van der Waals surface area contributed by atoms with Crippen LogP contribution in [0.1, 0.15) is 12.0 Å². The molecule has 0 saturated heterocycles. The van der Waals surface area contributed by atoms with Crippen LogP contribution < -0.4 is 15.8 Å². The van der Waals surface area contributed by atoms with Gasteiger partial charge in [0.2, 0.25) is 0 Å². The average molecular weight is 280 g/mol. The normalized spacial score (nSPS) is 9.65. The van der Waals surface area contributed by atoms with Gasteiger partial charge in [0.05, 0.1) is 7.11 Å². The average Bonchev–Trinajstić information content (AvgIpc) is 2.42. The van der Waals surface area contributed by atoms with Gasteiger partial charge >= 0.3 is 12.0 Å². The Balaban J connectivity index is 2.28. The molecule has 0 radical (unpaired) electrons. The van der Waals surface area contributed by atoms with E-state index in [2.05, 4.69) is 4.74 Å². The predicted molar refractivity (Wildman–Crippen MR) is 70.0 cm³/mol. The Labute approximate surface area is 116 Å². The van der Waals surface area contributed by atoms with Crippen molar-refractivity contribution in [1.29, 1.82) is 0 Å². The monoisotopic (exact) mass is 280 g/mol. The molecular weight excluding hydrogens is 264 g/mol. The van der Waals surface area contributed by atoms with E-state index in [9.17, 15) is 14.4 Å². The van der Waals surface area contributed by atoms with Gasteiger partial charge in [-0.15, -0.1) is 0 Å². The van der Waals surface area contributed by atoms with Crippen molar-refractivity contribution in [2.45, 2.75) is 12.8 Å². The topological polar surface area (TPSA) is 108 Å². The Hall–Kier alpha value is -2.57. The van der Waals surface area contributed by atoms with E-state index in [4.69, 9.17) is 10.5 Å². The number of esters is 1. The van der Waals surface area contributed by atoms with E-state index in [-0.39, 0.29) is 6.42 Å². The number of hydrogen-bond acceptors (Lipinski definition) is 5. The lowest BCUT2D eigenvalue weighted by molar-refractivity contribution is -0.148. The Morgan fingerprint density at radius 3 is 2.40 bits per heavy atom. The van der Waals surface area contributed by atoms with Gasteiger partial charge in [0.15, 0.2) is 6.61 Å². The quantitative estimate of drug-likeness (QED) is 0.732. The Bertz CT molecular complexity index is 484. The molecule has 7 heteroatoms. The summed E-state index contributed by atoms with van der Waals surface area (Å²) in [4.78, 5) is 32.7. The molecule has 0 aromatic heterocycles. The highest BCUT2D eigenvalue weighted by Gasteiger charge is 2.09. The largest absolute Gasteiger partial charge is 0.497 e. The molecule has 0 atom stereocenters. The van der Waals surface area contributed by atoms with Crippen molar-refractivity contribution in [3.63, 3.8) is 0 Å². The molecule has 108 valence electrons. The van der Waals surface area contributed by atoms with Crippen molar-refractivity contribution >= 4 is 17.9 Å². The molecule has 0 unspecified atom stereocenters. The minimum absolute atomic E-state index is 0.135. The third-order valence-electron chi connectivity index (χ3n) is 2.40. The summed E-state index contributed by atoms with van der Waals surface area (Å²) in [6.07, 6.45) is 0.621. The molecule has 0 spiro atoms. The number of ether oxygens (including phenoxy) is 2. The summed E-state index contributed by atoms with van der Waals surface area (Å²) in [6, 6.07) is 6.28. The number of nitrogens with one attached hydrogen (secondary N) is 1. The van der Waals surface area contributed by atoms with Crippen LogP contribution in [0.5, 0.6) is 5.75 Å². The summed E-state index contributed by atoms with van der Waals surface area (Å²) in [5.74, 6) is -0.546. The first-order valence-corrected chi connectivity index (χ1v) is 5.89. The van der Waals surface area contributed by atoms with Crippen molar-refractivity contribution in [3.05, 3.63) is 29.8 Å². The summed E-state index contributed by atoms with van der Waals surface area (Å²) < 4.78 is 9.71. The van der Waals surface area contributed by atoms with E-state index in [1.807, 2.05) is 12.1 Å². The molecule has 0 aliphatic carbocycles. The molecule has 0 bridgehead atoms. The summed E-state index contributed by atoms with van der Waals surface area (Å²) in [5.41, 5.74) is 5.68. The predicted octanol–water partition coefficient (Wildman–Crippen LogP) is 0.366. The van der Waals surface area contributed by atoms with Gasteiger partial charge in [0, 0.05) is 6.42 Å². The molecule has 1 aromatic rings. The standard InChI is InChI=1S/C13H16N2O5/c1-19-10-5-2-9(3-6-10)4-7-12(17)20-8-11(16)15-13(14)18/h2-3,5-6H,4,7-8H2,1H3,(H3,14,15,16,18). The maximum Gasteiger partial charge on any atom is 0.318 e. The van der Waals surface area contributed by atoms with Crippen molar-refractivity contribution < 1.29 is 23.9 Å². The molecule has 0 aliphatic heterocycles. The highest BCUT2D eigenvalue weighted by molar-refractivity contribution is 5.94. The van der Waals surface area contributed by atoms with Crippen LogP contribution in [0.2, 0.25) is 0 Å². The van der Waals surface area contributed by atoms with Crippen molar-refractivity contribution in [2.24, 2.45) is 5.73 Å². The van der Waals surface area contributed by atoms with E-state index in [0.717, 1.165) is 11.3 Å². The molecule has 3 N–H and O–H groups in total. The zero-order valence-corrected chi connectivity index (χ0v) is 11.0. The third kappa shape index (κ3) is 5.85. The summed E-state index contributed by atoms with van der Waals surface area (Å²) in [5, 5.41) is 1.79. The molecule has 20 heavy (non-hydrogen) atoms. The second kappa shape index (κ2) is 7.78. The number of carbonyl (C=O) groups is 3. The van der Waals surface area contributed by atoms with Gasteiger partial charge in [-0.05, 0) is 24.1 Å². The van der Waals surface area contributed by atoms with Crippen LogP contribution in [-0.4, -0.2) is 31.6 Å². The first kappa shape index (κ1) is 15.5. The molecule has 7 nitrogen and oxygen atoms in total. The number of benzene rings is 1. The van der Waals surface area contributed by atoms with Crippen LogP contribution in [0.25, 0.3) is 0 Å². The van der Waals surface area contributed by atoms with Gasteiger partial charge < -0.3 is 15.2 Å². The van der Waals surface area contributed by atoms with E-state index in [1.54, 1.807) is 24.6 Å². The minimum atomic E-state index is -0.982. The van der Waals surface area contributed by atoms with Crippen LogP contribution in [0.4, 0.5) is 4.79 Å². The van der Waals surface area contributed by atoms with Gasteiger partial charge in [-0.3, -0.25) is 14.9 Å².